The normalized spacial score (nSPS) is 18.6. The van der Waals surface area contributed by atoms with Crippen molar-refractivity contribution in [3.05, 3.63) is 175 Å². The Morgan fingerprint density at radius 1 is 0.438 bits per heavy atom. The van der Waals surface area contributed by atoms with Gasteiger partial charge in [-0.2, -0.15) is 0 Å². The number of allylic oxidation sites excluding steroid dienone is 8. The van der Waals surface area contributed by atoms with Gasteiger partial charge in [0.1, 0.15) is 22.6 Å². The molecule has 7 aromatic heterocycles. The SMILES string of the molecule is CC1(c2cccs2)C=CC2=C(C=C1)c1nc2nc2[nH]c(nc3nc(nc4[nH]c(n1)c1c(-c5cccs5)cccc41)-c1cc(-c4cccs4)ccc1-3)c1c2C=CC(C)(c2cccs2)C=C1. The van der Waals surface area contributed by atoms with E-state index in [-0.39, 0.29) is 10.8 Å². The number of fused-ring (bicyclic) bond motifs is 19. The van der Waals surface area contributed by atoms with Gasteiger partial charge in [0.2, 0.25) is 0 Å². The van der Waals surface area contributed by atoms with Gasteiger partial charge in [0.15, 0.2) is 23.3 Å². The highest BCUT2D eigenvalue weighted by Crippen LogP contribution is 2.43. The number of aromatic nitrogens is 8. The van der Waals surface area contributed by atoms with Gasteiger partial charge in [0.25, 0.3) is 0 Å². The van der Waals surface area contributed by atoms with Crippen molar-refractivity contribution in [2.45, 2.75) is 24.7 Å². The fourth-order valence-electron chi connectivity index (χ4n) is 9.00. The van der Waals surface area contributed by atoms with E-state index in [1.165, 1.54) is 14.6 Å². The maximum absolute atomic E-state index is 5.46. The lowest BCUT2D eigenvalue weighted by Gasteiger charge is -2.19. The molecule has 4 aliphatic rings. The topological polar surface area (TPSA) is 109 Å². The molecule has 0 spiro atoms. The Bertz CT molecular complexity index is 3700. The first-order chi connectivity index (χ1) is 31.4. The number of nitrogens with one attached hydrogen (secondary N) is 2. The second-order valence-corrected chi connectivity index (χ2v) is 20.4. The maximum atomic E-state index is 5.46. The van der Waals surface area contributed by atoms with Crippen LogP contribution in [0.1, 0.15) is 46.4 Å². The van der Waals surface area contributed by atoms with Crippen LogP contribution in [0.2, 0.25) is 0 Å². The predicted molar refractivity (Wildman–Crippen MR) is 267 cm³/mol. The van der Waals surface area contributed by atoms with E-state index >= 15 is 0 Å². The van der Waals surface area contributed by atoms with E-state index in [9.17, 15) is 0 Å². The molecule has 9 heterocycles. The number of H-pyrrole nitrogens is 2. The van der Waals surface area contributed by atoms with Crippen LogP contribution in [0.3, 0.4) is 0 Å². The van der Waals surface area contributed by atoms with Crippen LogP contribution >= 0.6 is 45.3 Å². The summed E-state index contributed by atoms with van der Waals surface area (Å²) < 4.78 is 0. The predicted octanol–water partition coefficient (Wildman–Crippen LogP) is 14.0. The Morgan fingerprint density at radius 2 is 0.984 bits per heavy atom. The highest BCUT2D eigenvalue weighted by molar-refractivity contribution is 7.14. The molecule has 306 valence electrons. The van der Waals surface area contributed by atoms with Crippen LogP contribution in [-0.2, 0) is 10.8 Å². The average molecular weight is 899 g/mol. The summed E-state index contributed by atoms with van der Waals surface area (Å²) in [6, 6.07) is 29.9. The van der Waals surface area contributed by atoms with E-state index in [0.29, 0.717) is 45.9 Å². The van der Waals surface area contributed by atoms with Gasteiger partial charge in [-0.3, -0.25) is 0 Å². The summed E-state index contributed by atoms with van der Waals surface area (Å²) in [5, 5.41) is 10.4. The molecule has 13 rings (SSSR count). The molecule has 0 fully saturated rings. The van der Waals surface area contributed by atoms with Crippen LogP contribution in [0.25, 0.3) is 100 Å². The van der Waals surface area contributed by atoms with Gasteiger partial charge >= 0.3 is 0 Å². The average Bonchev–Trinajstić information content (AvgIpc) is 4.17. The molecule has 0 saturated heterocycles. The third-order valence-electron chi connectivity index (χ3n) is 12.5. The summed E-state index contributed by atoms with van der Waals surface area (Å²) in [6.07, 6.45) is 17.7. The van der Waals surface area contributed by atoms with Crippen LogP contribution in [0, 0.1) is 0 Å². The highest BCUT2D eigenvalue weighted by Gasteiger charge is 2.30. The molecular formula is C52H34N8S4. The quantitative estimate of drug-likeness (QED) is 0.182. The van der Waals surface area contributed by atoms with E-state index in [4.69, 9.17) is 29.9 Å². The van der Waals surface area contributed by atoms with Crippen LogP contribution in [-0.4, -0.2) is 39.9 Å². The Kier molecular flexibility index (Phi) is 8.38. The zero-order valence-electron chi connectivity index (χ0n) is 34.3. The monoisotopic (exact) mass is 898 g/mol. The van der Waals surface area contributed by atoms with Gasteiger partial charge in [-0.05, 0) is 77.3 Å². The molecule has 64 heavy (non-hydrogen) atoms. The number of hydrogen-bond acceptors (Lipinski definition) is 10. The summed E-state index contributed by atoms with van der Waals surface area (Å²) in [5.74, 6) is 2.27. The first-order valence-electron chi connectivity index (χ1n) is 20.9. The summed E-state index contributed by atoms with van der Waals surface area (Å²) in [7, 11) is 0. The third kappa shape index (κ3) is 5.97. The van der Waals surface area contributed by atoms with E-state index in [1.54, 1.807) is 45.3 Å². The molecule has 0 radical (unpaired) electrons. The van der Waals surface area contributed by atoms with Crippen molar-refractivity contribution in [3.63, 3.8) is 0 Å². The number of nitrogens with zero attached hydrogens (tertiary/aromatic N) is 6. The Morgan fingerprint density at radius 3 is 1.62 bits per heavy atom. The molecule has 9 aromatic rings. The van der Waals surface area contributed by atoms with Crippen LogP contribution in [0.4, 0.5) is 0 Å². The minimum absolute atomic E-state index is 0.333. The molecule has 8 bridgehead atoms. The lowest BCUT2D eigenvalue weighted by Crippen LogP contribution is -2.13. The minimum atomic E-state index is -0.339. The minimum Gasteiger partial charge on any atom is -0.324 e. The summed E-state index contributed by atoms with van der Waals surface area (Å²) >= 11 is 6.91. The molecule has 2 aromatic carbocycles. The lowest BCUT2D eigenvalue weighted by molar-refractivity contribution is 0.779. The van der Waals surface area contributed by atoms with Crippen molar-refractivity contribution >= 4 is 102 Å². The van der Waals surface area contributed by atoms with Gasteiger partial charge in [-0.1, -0.05) is 97.1 Å². The molecule has 0 saturated carbocycles. The molecular weight excluding hydrogens is 865 g/mol. The van der Waals surface area contributed by atoms with E-state index < -0.39 is 0 Å². The highest BCUT2D eigenvalue weighted by atomic mass is 32.1. The van der Waals surface area contributed by atoms with Crippen molar-refractivity contribution < 1.29 is 0 Å². The molecule has 2 unspecified atom stereocenters. The number of rotatable bonds is 4. The summed E-state index contributed by atoms with van der Waals surface area (Å²) in [5.41, 5.74) is 9.57. The molecule has 12 heteroatoms. The maximum Gasteiger partial charge on any atom is 0.164 e. The molecule has 0 amide bonds. The number of thiophene rings is 4. The van der Waals surface area contributed by atoms with Crippen LogP contribution in [0.15, 0.2) is 143 Å². The van der Waals surface area contributed by atoms with Crippen LogP contribution < -0.4 is 0 Å². The first kappa shape index (κ1) is 37.6. The largest absolute Gasteiger partial charge is 0.324 e. The Balaban J connectivity index is 1.15. The Labute approximate surface area is 383 Å². The van der Waals surface area contributed by atoms with Crippen molar-refractivity contribution in [2.75, 3.05) is 0 Å². The molecule has 2 aliphatic heterocycles. The zero-order valence-corrected chi connectivity index (χ0v) is 37.6. The number of hydrogen-bond donors (Lipinski definition) is 2. The van der Waals surface area contributed by atoms with Crippen molar-refractivity contribution in [3.8, 4) is 43.7 Å². The fourth-order valence-corrected chi connectivity index (χ4v) is 12.2. The van der Waals surface area contributed by atoms with E-state index in [2.05, 4.69) is 179 Å². The standard InChI is InChI=1S/C52H34N8S4/c1-51(40-12-6-26-63-40)20-16-31-32(17-21-51)45-54-44(31)53-43-30-15-14-29(38-10-4-24-61-38)28-37(30)49(57-43)58-48-36-9-3-8-35(39-11-5-25-62-39)42(36)50(60-48)59-47-34-19-23-52(2,41-13-7-27-64-41)22-18-33(34)46(55-45)56-47/h3-28H,1-2H3,(H2,53,54,55,56,57,58,59,60). The first-order valence-corrected chi connectivity index (χ1v) is 24.4. The van der Waals surface area contributed by atoms with Crippen molar-refractivity contribution in [1.82, 2.24) is 39.9 Å². The number of aromatic amines is 2. The van der Waals surface area contributed by atoms with Gasteiger partial charge in [0, 0.05) is 80.1 Å². The summed E-state index contributed by atoms with van der Waals surface area (Å²) in [4.78, 5) is 44.3. The summed E-state index contributed by atoms with van der Waals surface area (Å²) in [6.45, 7) is 4.49. The van der Waals surface area contributed by atoms with Crippen molar-refractivity contribution in [2.24, 2.45) is 0 Å². The second-order valence-electron chi connectivity index (χ2n) is 16.6. The smallest absolute Gasteiger partial charge is 0.164 e. The zero-order chi connectivity index (χ0) is 42.6. The van der Waals surface area contributed by atoms with E-state index in [1.807, 2.05) is 0 Å². The fraction of sp³-hybridized carbons (Fsp3) is 0.0769. The van der Waals surface area contributed by atoms with Crippen molar-refractivity contribution in [1.29, 1.82) is 0 Å². The van der Waals surface area contributed by atoms with Gasteiger partial charge in [0.05, 0.1) is 0 Å². The van der Waals surface area contributed by atoms with Gasteiger partial charge in [-0.25, -0.2) is 29.9 Å². The molecule has 2 N–H and O–H groups in total. The van der Waals surface area contributed by atoms with Gasteiger partial charge in [-0.15, -0.1) is 45.3 Å². The molecule has 2 atom stereocenters. The molecule has 2 aliphatic carbocycles. The molecule has 8 nitrogen and oxygen atoms in total. The lowest BCUT2D eigenvalue weighted by atomic mass is 9.88. The third-order valence-corrected chi connectivity index (χ3v) is 16.5. The van der Waals surface area contributed by atoms with Gasteiger partial charge < -0.3 is 9.97 Å². The second kappa shape index (κ2) is 14.3. The number of benzene rings is 2. The van der Waals surface area contributed by atoms with Crippen LogP contribution in [0.5, 0.6) is 0 Å². The Hall–Kier alpha value is -6.96. The van der Waals surface area contributed by atoms with E-state index in [0.717, 1.165) is 60.2 Å².